The molecule has 7 heteroatoms. The molecule has 6 rings (SSSR count). The molecule has 32 heavy (non-hydrogen) atoms. The van der Waals surface area contributed by atoms with E-state index in [1.54, 1.807) is 0 Å². The predicted octanol–water partition coefficient (Wildman–Crippen LogP) is 3.26. The van der Waals surface area contributed by atoms with E-state index >= 15 is 0 Å². The van der Waals surface area contributed by atoms with E-state index in [1.165, 1.54) is 48.3 Å². The Morgan fingerprint density at radius 2 is 1.75 bits per heavy atom. The van der Waals surface area contributed by atoms with Gasteiger partial charge in [0.2, 0.25) is 0 Å². The maximum atomic E-state index is 6.77. The molecule has 3 aromatic rings. The van der Waals surface area contributed by atoms with E-state index < -0.39 is 0 Å². The number of hydrogen-bond donors (Lipinski definition) is 0. The Labute approximate surface area is 189 Å². The molecule has 0 aliphatic carbocycles. The molecular weight excluding hydrogens is 400 g/mol. The Hall–Kier alpha value is -2.64. The highest BCUT2D eigenvalue weighted by atomic mass is 16.5. The van der Waals surface area contributed by atoms with Crippen molar-refractivity contribution in [3.63, 3.8) is 0 Å². The Morgan fingerprint density at radius 1 is 0.938 bits per heavy atom. The van der Waals surface area contributed by atoms with Gasteiger partial charge >= 0.3 is 0 Å². The molecule has 7 nitrogen and oxygen atoms in total. The number of piperidine rings is 1. The molecule has 0 atom stereocenters. The quantitative estimate of drug-likeness (QED) is 0.619. The highest BCUT2D eigenvalue weighted by Gasteiger charge is 2.45. The van der Waals surface area contributed by atoms with Crippen LogP contribution in [0.5, 0.6) is 5.75 Å². The van der Waals surface area contributed by atoms with Crippen LogP contribution in [0.1, 0.15) is 36.8 Å². The van der Waals surface area contributed by atoms with E-state index in [2.05, 4.69) is 56.2 Å². The fourth-order valence-electron chi connectivity index (χ4n) is 5.69. The molecule has 2 aromatic heterocycles. The van der Waals surface area contributed by atoms with E-state index in [4.69, 9.17) is 9.84 Å². The van der Waals surface area contributed by atoms with Gasteiger partial charge in [-0.3, -0.25) is 14.3 Å². The van der Waals surface area contributed by atoms with Crippen LogP contribution >= 0.6 is 0 Å². The second-order valence-electron chi connectivity index (χ2n) is 9.57. The van der Waals surface area contributed by atoms with Crippen molar-refractivity contribution >= 4 is 0 Å². The van der Waals surface area contributed by atoms with Crippen molar-refractivity contribution < 1.29 is 4.74 Å². The average Bonchev–Trinajstić information content (AvgIpc) is 3.56. The van der Waals surface area contributed by atoms with Crippen LogP contribution in [0.15, 0.2) is 42.9 Å². The van der Waals surface area contributed by atoms with Crippen LogP contribution in [0.2, 0.25) is 0 Å². The third-order valence-corrected chi connectivity index (χ3v) is 7.43. The van der Waals surface area contributed by atoms with Crippen molar-refractivity contribution in [2.75, 3.05) is 32.7 Å². The largest absolute Gasteiger partial charge is 0.482 e. The zero-order chi connectivity index (χ0) is 21.5. The van der Waals surface area contributed by atoms with Crippen molar-refractivity contribution in [1.29, 1.82) is 0 Å². The lowest BCUT2D eigenvalue weighted by Gasteiger charge is -2.44. The number of ether oxygens (including phenoxy) is 1. The molecule has 0 N–H and O–H groups in total. The Balaban J connectivity index is 1.26. The first-order valence-electron chi connectivity index (χ1n) is 12.0. The van der Waals surface area contributed by atoms with Crippen molar-refractivity contribution in [2.45, 2.75) is 44.4 Å². The van der Waals surface area contributed by atoms with Gasteiger partial charge in [0.25, 0.3) is 0 Å². The number of aryl methyl sites for hydroxylation is 1. The molecule has 0 unspecified atom stereocenters. The van der Waals surface area contributed by atoms with Gasteiger partial charge < -0.3 is 9.64 Å². The van der Waals surface area contributed by atoms with Crippen LogP contribution in [0.25, 0.3) is 11.3 Å². The van der Waals surface area contributed by atoms with Crippen LogP contribution in [-0.2, 0) is 25.7 Å². The average molecular weight is 433 g/mol. The van der Waals surface area contributed by atoms with E-state index in [1.807, 2.05) is 17.9 Å². The topological polar surface area (TPSA) is 51.4 Å². The molecule has 2 fully saturated rings. The van der Waals surface area contributed by atoms with Gasteiger partial charge in [-0.2, -0.15) is 10.2 Å². The number of para-hydroxylation sites is 1. The predicted molar refractivity (Wildman–Crippen MR) is 123 cm³/mol. The van der Waals surface area contributed by atoms with Crippen molar-refractivity contribution in [2.24, 2.45) is 7.05 Å². The van der Waals surface area contributed by atoms with Gasteiger partial charge in [-0.1, -0.05) is 12.1 Å². The molecular formula is C25H32N6O. The minimum Gasteiger partial charge on any atom is -0.482 e. The van der Waals surface area contributed by atoms with Crippen molar-refractivity contribution in [3.05, 3.63) is 54.0 Å². The molecule has 1 aromatic carbocycles. The van der Waals surface area contributed by atoms with E-state index in [0.29, 0.717) is 0 Å². The fourth-order valence-corrected chi connectivity index (χ4v) is 5.69. The lowest BCUT2D eigenvalue weighted by molar-refractivity contribution is -0.00696. The number of benzene rings is 1. The molecule has 2 saturated heterocycles. The van der Waals surface area contributed by atoms with Crippen molar-refractivity contribution in [3.8, 4) is 17.0 Å². The van der Waals surface area contributed by atoms with Gasteiger partial charge in [0.1, 0.15) is 11.4 Å². The van der Waals surface area contributed by atoms with Gasteiger partial charge in [-0.25, -0.2) is 0 Å². The monoisotopic (exact) mass is 432 g/mol. The maximum Gasteiger partial charge on any atom is 0.140 e. The molecule has 168 valence electrons. The van der Waals surface area contributed by atoms with Crippen LogP contribution in [-0.4, -0.2) is 62.1 Å². The number of hydrogen-bond acceptors (Lipinski definition) is 5. The van der Waals surface area contributed by atoms with Crippen molar-refractivity contribution in [1.82, 2.24) is 29.4 Å². The molecule has 0 saturated carbocycles. The number of fused-ring (bicyclic) bond motifs is 4. The lowest BCUT2D eigenvalue weighted by Crippen LogP contribution is -2.47. The molecule has 1 spiro atoms. The first-order chi connectivity index (χ1) is 15.7. The second kappa shape index (κ2) is 8.05. The Bertz CT molecular complexity index is 1090. The molecule has 3 aliphatic heterocycles. The summed E-state index contributed by atoms with van der Waals surface area (Å²) in [5, 5.41) is 9.20. The molecule has 0 amide bonds. The second-order valence-corrected chi connectivity index (χ2v) is 9.57. The van der Waals surface area contributed by atoms with Crippen LogP contribution in [0, 0.1) is 0 Å². The summed E-state index contributed by atoms with van der Waals surface area (Å²) >= 11 is 0. The summed E-state index contributed by atoms with van der Waals surface area (Å²) in [5.41, 5.74) is 4.73. The maximum absolute atomic E-state index is 6.77. The SMILES string of the molecule is Cn1cc(CN2CCC3(CC2)Oc2ccccc2-c2c3cnn2CCN2CCCC2)cn1. The zero-order valence-corrected chi connectivity index (χ0v) is 18.9. The summed E-state index contributed by atoms with van der Waals surface area (Å²) in [7, 11) is 1.98. The zero-order valence-electron chi connectivity index (χ0n) is 18.9. The third-order valence-electron chi connectivity index (χ3n) is 7.43. The van der Waals surface area contributed by atoms with E-state index in [9.17, 15) is 0 Å². The lowest BCUT2D eigenvalue weighted by atomic mass is 9.81. The molecule has 0 radical (unpaired) electrons. The Kier molecular flexibility index (Phi) is 5.03. The van der Waals surface area contributed by atoms with Crippen LogP contribution in [0.4, 0.5) is 0 Å². The first-order valence-corrected chi connectivity index (χ1v) is 12.0. The fraction of sp³-hybridized carbons (Fsp3) is 0.520. The smallest absolute Gasteiger partial charge is 0.140 e. The normalized spacial score (nSPS) is 20.3. The number of aromatic nitrogens is 4. The summed E-state index contributed by atoms with van der Waals surface area (Å²) in [4.78, 5) is 5.08. The summed E-state index contributed by atoms with van der Waals surface area (Å²) in [6, 6.07) is 8.50. The van der Waals surface area contributed by atoms with E-state index in [0.717, 1.165) is 51.3 Å². The number of likely N-dealkylation sites (tertiary alicyclic amines) is 2. The van der Waals surface area contributed by atoms with Crippen LogP contribution < -0.4 is 4.74 Å². The summed E-state index contributed by atoms with van der Waals surface area (Å²) < 4.78 is 10.9. The van der Waals surface area contributed by atoms with Crippen LogP contribution in [0.3, 0.4) is 0 Å². The van der Waals surface area contributed by atoms with Gasteiger partial charge in [-0.05, 0) is 38.1 Å². The number of rotatable bonds is 5. The summed E-state index contributed by atoms with van der Waals surface area (Å²) in [6.07, 6.45) is 10.8. The van der Waals surface area contributed by atoms with Gasteiger partial charge in [0.15, 0.2) is 0 Å². The highest BCUT2D eigenvalue weighted by Crippen LogP contribution is 2.49. The standard InChI is InChI=1S/C25H32N6O/c1-28-18-20(16-26-28)19-30-12-8-25(9-13-30)22-17-27-31(15-14-29-10-4-5-11-29)24(22)21-6-2-3-7-23(21)32-25/h2-3,6-7,16-18H,4-5,8-15,19H2,1H3. The minimum absolute atomic E-state index is 0.277. The summed E-state index contributed by atoms with van der Waals surface area (Å²) in [6.45, 7) is 7.42. The third kappa shape index (κ3) is 3.53. The first kappa shape index (κ1) is 20.0. The van der Waals surface area contributed by atoms with E-state index in [-0.39, 0.29) is 5.60 Å². The minimum atomic E-state index is -0.277. The summed E-state index contributed by atoms with van der Waals surface area (Å²) in [5.74, 6) is 1.00. The van der Waals surface area contributed by atoms with Gasteiger partial charge in [0, 0.05) is 69.0 Å². The molecule has 3 aliphatic rings. The number of nitrogens with zero attached hydrogens (tertiary/aromatic N) is 6. The molecule has 0 bridgehead atoms. The van der Waals surface area contributed by atoms with Gasteiger partial charge in [-0.15, -0.1) is 0 Å². The highest BCUT2D eigenvalue weighted by molar-refractivity contribution is 5.73. The van der Waals surface area contributed by atoms with Gasteiger partial charge in [0.05, 0.1) is 24.6 Å². The Morgan fingerprint density at radius 3 is 2.53 bits per heavy atom. The molecule has 5 heterocycles.